The van der Waals surface area contributed by atoms with Crippen molar-refractivity contribution in [2.75, 3.05) is 0 Å². The lowest BCUT2D eigenvalue weighted by molar-refractivity contribution is 1.11. The third-order valence-electron chi connectivity index (χ3n) is 7.19. The summed E-state index contributed by atoms with van der Waals surface area (Å²) in [5.74, 6) is 0.821. The molecule has 0 N–H and O–H groups in total. The van der Waals surface area contributed by atoms with E-state index in [4.69, 9.17) is 9.97 Å². The van der Waals surface area contributed by atoms with Gasteiger partial charge in [-0.05, 0) is 72.9 Å². The highest BCUT2D eigenvalue weighted by molar-refractivity contribution is 9.10. The van der Waals surface area contributed by atoms with Crippen LogP contribution in [-0.2, 0) is 0 Å². The first-order valence-corrected chi connectivity index (χ1v) is 13.2. The predicted octanol–water partition coefficient (Wildman–Crippen LogP) is 9.57. The van der Waals surface area contributed by atoms with Crippen molar-refractivity contribution in [3.63, 3.8) is 0 Å². The molecule has 38 heavy (non-hydrogen) atoms. The Labute approximate surface area is 228 Å². The van der Waals surface area contributed by atoms with Gasteiger partial charge in [0, 0.05) is 15.6 Å². The molecule has 0 aliphatic rings. The number of halogens is 1. The maximum absolute atomic E-state index is 5.08. The molecule has 0 saturated heterocycles. The van der Waals surface area contributed by atoms with Gasteiger partial charge in [0.25, 0.3) is 0 Å². The minimum absolute atomic E-state index is 0.766. The molecule has 7 rings (SSSR count). The van der Waals surface area contributed by atoms with E-state index < -0.39 is 0 Å². The van der Waals surface area contributed by atoms with Crippen molar-refractivity contribution in [2.45, 2.75) is 0 Å². The van der Waals surface area contributed by atoms with Crippen LogP contribution in [0, 0.1) is 0 Å². The van der Waals surface area contributed by atoms with Gasteiger partial charge in [-0.2, -0.15) is 0 Å². The number of aromatic nitrogens is 3. The fraction of sp³-hybridized carbons (Fsp3) is 0. The van der Waals surface area contributed by atoms with E-state index in [0.29, 0.717) is 0 Å². The van der Waals surface area contributed by atoms with Gasteiger partial charge in [0.15, 0.2) is 0 Å². The molecule has 0 saturated carbocycles. The van der Waals surface area contributed by atoms with Crippen molar-refractivity contribution in [2.24, 2.45) is 0 Å². The molecule has 2 heterocycles. The van der Waals surface area contributed by atoms with E-state index in [1.807, 2.05) is 24.3 Å². The summed E-state index contributed by atoms with van der Waals surface area (Å²) in [4.78, 5) is 10.0. The van der Waals surface area contributed by atoms with Crippen LogP contribution in [0.3, 0.4) is 0 Å². The van der Waals surface area contributed by atoms with E-state index in [2.05, 4.69) is 112 Å². The molecule has 7 aromatic rings. The zero-order valence-electron chi connectivity index (χ0n) is 20.5. The number of hydrogen-bond acceptors (Lipinski definition) is 2. The van der Waals surface area contributed by atoms with Crippen LogP contribution in [0.4, 0.5) is 0 Å². The van der Waals surface area contributed by atoms with Crippen LogP contribution in [-0.4, -0.2) is 14.4 Å². The van der Waals surface area contributed by atoms with Gasteiger partial charge < -0.3 is 0 Å². The molecule has 180 valence electrons. The molecular weight excluding hydrogens is 530 g/mol. The first kappa shape index (κ1) is 22.6. The highest BCUT2D eigenvalue weighted by atomic mass is 79.9. The van der Waals surface area contributed by atoms with Gasteiger partial charge in [0.1, 0.15) is 11.5 Å². The van der Waals surface area contributed by atoms with Crippen LogP contribution in [0.15, 0.2) is 115 Å². The Bertz CT molecular complexity index is 2030. The minimum atomic E-state index is 0.766. The first-order valence-electron chi connectivity index (χ1n) is 12.5. The number of imidazole rings is 1. The van der Waals surface area contributed by atoms with Crippen molar-refractivity contribution in [3.8, 4) is 22.5 Å². The summed E-state index contributed by atoms with van der Waals surface area (Å²) in [6.07, 6.45) is 3.59. The molecule has 3 nitrogen and oxygen atoms in total. The Kier molecular flexibility index (Phi) is 5.24. The van der Waals surface area contributed by atoms with Gasteiger partial charge >= 0.3 is 0 Å². The van der Waals surface area contributed by atoms with Crippen molar-refractivity contribution in [1.82, 2.24) is 14.4 Å². The summed E-state index contributed by atoms with van der Waals surface area (Å²) in [5, 5.41) is 4.79. The Morgan fingerprint density at radius 2 is 1.29 bits per heavy atom. The fourth-order valence-electron chi connectivity index (χ4n) is 5.51. The smallest absolute Gasteiger partial charge is 0.149 e. The molecule has 0 amide bonds. The van der Waals surface area contributed by atoms with Crippen LogP contribution in [0.25, 0.3) is 72.9 Å². The van der Waals surface area contributed by atoms with E-state index in [9.17, 15) is 0 Å². The van der Waals surface area contributed by atoms with E-state index in [0.717, 1.165) is 49.4 Å². The largest absolute Gasteiger partial charge is 0.276 e. The second-order valence-corrected chi connectivity index (χ2v) is 10.1. The van der Waals surface area contributed by atoms with E-state index in [1.165, 1.54) is 27.1 Å². The van der Waals surface area contributed by atoms with Crippen LogP contribution < -0.4 is 0 Å². The molecule has 2 aromatic heterocycles. The molecule has 0 radical (unpaired) electrons. The minimum Gasteiger partial charge on any atom is -0.276 e. The average molecular weight is 552 g/mol. The Morgan fingerprint density at radius 3 is 1.97 bits per heavy atom. The number of para-hydroxylation sites is 2. The summed E-state index contributed by atoms with van der Waals surface area (Å²) in [7, 11) is 0. The lowest BCUT2D eigenvalue weighted by Gasteiger charge is -2.16. The average Bonchev–Trinajstić information content (AvgIpc) is 3.36. The van der Waals surface area contributed by atoms with Crippen molar-refractivity contribution >= 4 is 66.3 Å². The molecule has 0 bridgehead atoms. The SMILES string of the molecule is C=Cc1nc(-c2cccc(-c3c4ccccc4c(Br)c4ccccc34)c2)n2c(nc3ccccc32)c1C=C. The van der Waals surface area contributed by atoms with E-state index >= 15 is 0 Å². The molecule has 0 spiro atoms. The van der Waals surface area contributed by atoms with Gasteiger partial charge in [-0.15, -0.1) is 0 Å². The third kappa shape index (κ3) is 3.27. The summed E-state index contributed by atoms with van der Waals surface area (Å²) in [5.41, 5.74) is 7.74. The summed E-state index contributed by atoms with van der Waals surface area (Å²) < 4.78 is 3.25. The zero-order valence-corrected chi connectivity index (χ0v) is 22.1. The van der Waals surface area contributed by atoms with Gasteiger partial charge in [0.05, 0.1) is 16.7 Å². The molecule has 5 aromatic carbocycles. The summed E-state index contributed by atoms with van der Waals surface area (Å²) in [6.45, 7) is 8.06. The van der Waals surface area contributed by atoms with E-state index in [-0.39, 0.29) is 0 Å². The number of hydrogen-bond donors (Lipinski definition) is 0. The first-order chi connectivity index (χ1) is 18.7. The quantitative estimate of drug-likeness (QED) is 0.204. The summed E-state index contributed by atoms with van der Waals surface area (Å²) in [6, 6.07) is 33.9. The molecule has 0 aliphatic carbocycles. The van der Waals surface area contributed by atoms with Crippen LogP contribution >= 0.6 is 15.9 Å². The monoisotopic (exact) mass is 551 g/mol. The highest BCUT2D eigenvalue weighted by Crippen LogP contribution is 2.42. The number of nitrogens with zero attached hydrogens (tertiary/aromatic N) is 3. The summed E-state index contributed by atoms with van der Waals surface area (Å²) >= 11 is 3.88. The standard InChI is InChI=1S/C34H22BrN3/c1-3-23-28(4-2)36-33(38-30-19-10-9-18-29(30)37-34(23)38)22-13-11-12-21(20-22)31-24-14-5-7-16-26(24)32(35)27-17-8-6-15-25(27)31/h3-20H,1-2H2. The van der Waals surface area contributed by atoms with Crippen LogP contribution in [0.1, 0.15) is 11.3 Å². The van der Waals surface area contributed by atoms with Crippen LogP contribution in [0.2, 0.25) is 0 Å². The predicted molar refractivity (Wildman–Crippen MR) is 164 cm³/mol. The second-order valence-electron chi connectivity index (χ2n) is 9.26. The molecule has 4 heteroatoms. The fourth-order valence-corrected chi connectivity index (χ4v) is 6.20. The van der Waals surface area contributed by atoms with Crippen molar-refractivity contribution in [3.05, 3.63) is 126 Å². The lowest BCUT2D eigenvalue weighted by atomic mass is 9.91. The maximum Gasteiger partial charge on any atom is 0.149 e. The van der Waals surface area contributed by atoms with E-state index in [1.54, 1.807) is 6.08 Å². The molecular formula is C34H22BrN3. The molecule has 0 atom stereocenters. The molecule has 0 fully saturated rings. The third-order valence-corrected chi connectivity index (χ3v) is 8.04. The maximum atomic E-state index is 5.08. The topological polar surface area (TPSA) is 30.2 Å². The Hall–Kier alpha value is -4.54. The van der Waals surface area contributed by atoms with Gasteiger partial charge in [-0.1, -0.05) is 98.1 Å². The van der Waals surface area contributed by atoms with Crippen LogP contribution in [0.5, 0.6) is 0 Å². The van der Waals surface area contributed by atoms with Crippen molar-refractivity contribution in [1.29, 1.82) is 0 Å². The molecule has 0 unspecified atom stereocenters. The molecule has 0 aliphatic heterocycles. The number of benzene rings is 5. The van der Waals surface area contributed by atoms with Crippen molar-refractivity contribution < 1.29 is 0 Å². The lowest BCUT2D eigenvalue weighted by Crippen LogP contribution is -2.02. The van der Waals surface area contributed by atoms with Gasteiger partial charge in [0.2, 0.25) is 0 Å². The zero-order chi connectivity index (χ0) is 25.8. The highest BCUT2D eigenvalue weighted by Gasteiger charge is 2.19. The normalized spacial score (nSPS) is 11.5. The Morgan fingerprint density at radius 1 is 0.658 bits per heavy atom. The number of rotatable bonds is 4. The van der Waals surface area contributed by atoms with Gasteiger partial charge in [-0.3, -0.25) is 4.40 Å². The van der Waals surface area contributed by atoms with Gasteiger partial charge in [-0.25, -0.2) is 9.97 Å². The second kappa shape index (κ2) is 8.79. The Balaban J connectivity index is 1.58. The number of fused-ring (bicyclic) bond motifs is 5.